The van der Waals surface area contributed by atoms with Crippen LogP contribution in [0.2, 0.25) is 0 Å². The normalized spacial score (nSPS) is 21.2. The van der Waals surface area contributed by atoms with Crippen LogP contribution in [-0.2, 0) is 6.42 Å². The van der Waals surface area contributed by atoms with Crippen LogP contribution in [0.15, 0.2) is 18.2 Å². The summed E-state index contributed by atoms with van der Waals surface area (Å²) in [6.45, 7) is 0.315. The molecule has 1 atom stereocenters. The van der Waals surface area contributed by atoms with Gasteiger partial charge in [-0.2, -0.15) is 0 Å². The molecular formula is C10H12FNO. The molecule has 0 saturated heterocycles. The smallest absolute Gasteiger partial charge is 0.119 e. The van der Waals surface area contributed by atoms with Crippen LogP contribution in [0.25, 0.3) is 0 Å². The van der Waals surface area contributed by atoms with Crippen molar-refractivity contribution in [2.45, 2.75) is 12.5 Å². The van der Waals surface area contributed by atoms with Crippen LogP contribution < -0.4 is 5.32 Å². The van der Waals surface area contributed by atoms with E-state index in [1.54, 1.807) is 12.1 Å². The van der Waals surface area contributed by atoms with Crippen LogP contribution in [0.3, 0.4) is 0 Å². The number of alkyl halides is 1. The van der Waals surface area contributed by atoms with Gasteiger partial charge in [-0.1, -0.05) is 12.1 Å². The van der Waals surface area contributed by atoms with E-state index in [2.05, 4.69) is 5.32 Å². The van der Waals surface area contributed by atoms with Crippen molar-refractivity contribution in [2.24, 2.45) is 0 Å². The lowest BCUT2D eigenvalue weighted by Crippen LogP contribution is -2.31. The molecule has 2 rings (SSSR count). The Hall–Kier alpha value is -1.09. The lowest BCUT2D eigenvalue weighted by Gasteiger charge is -2.25. The number of nitrogens with one attached hydrogen (secondary N) is 1. The van der Waals surface area contributed by atoms with Gasteiger partial charge in [0.25, 0.3) is 0 Å². The standard InChI is InChI=1S/C10H12FNO/c11-6-9-7-2-1-3-10(13)8(7)4-5-12-9/h1-3,9,12-13H,4-6H2. The minimum Gasteiger partial charge on any atom is -0.508 e. The van der Waals surface area contributed by atoms with Crippen LogP contribution in [0.1, 0.15) is 17.2 Å². The molecule has 1 heterocycles. The molecule has 1 aromatic rings. The molecule has 2 nitrogen and oxygen atoms in total. The van der Waals surface area contributed by atoms with Crippen LogP contribution in [0.5, 0.6) is 5.75 Å². The van der Waals surface area contributed by atoms with Crippen LogP contribution in [-0.4, -0.2) is 18.3 Å². The Labute approximate surface area is 76.4 Å². The molecule has 0 aliphatic carbocycles. The number of fused-ring (bicyclic) bond motifs is 1. The molecule has 70 valence electrons. The highest BCUT2D eigenvalue weighted by Crippen LogP contribution is 2.29. The molecule has 1 aromatic carbocycles. The van der Waals surface area contributed by atoms with Crippen LogP contribution >= 0.6 is 0 Å². The monoisotopic (exact) mass is 181 g/mol. The number of halogens is 1. The van der Waals surface area contributed by atoms with Crippen molar-refractivity contribution in [3.63, 3.8) is 0 Å². The number of hydrogen-bond donors (Lipinski definition) is 2. The molecule has 0 spiro atoms. The molecule has 2 N–H and O–H groups in total. The van der Waals surface area contributed by atoms with Gasteiger partial charge in [-0.15, -0.1) is 0 Å². The largest absolute Gasteiger partial charge is 0.508 e. The Morgan fingerprint density at radius 3 is 3.15 bits per heavy atom. The summed E-state index contributed by atoms with van der Waals surface area (Å²) in [7, 11) is 0. The second-order valence-electron chi connectivity index (χ2n) is 3.26. The highest BCUT2D eigenvalue weighted by molar-refractivity contribution is 5.42. The zero-order valence-corrected chi connectivity index (χ0v) is 7.26. The van der Waals surface area contributed by atoms with Crippen molar-refractivity contribution in [3.8, 4) is 5.75 Å². The Morgan fingerprint density at radius 2 is 2.38 bits per heavy atom. The molecule has 13 heavy (non-hydrogen) atoms. The van der Waals surface area contributed by atoms with Gasteiger partial charge in [0.2, 0.25) is 0 Å². The average Bonchev–Trinajstić information content (AvgIpc) is 2.18. The lowest BCUT2D eigenvalue weighted by atomic mass is 9.94. The van der Waals surface area contributed by atoms with Gasteiger partial charge < -0.3 is 10.4 Å². The Morgan fingerprint density at radius 1 is 1.54 bits per heavy atom. The zero-order chi connectivity index (χ0) is 9.26. The first-order valence-electron chi connectivity index (χ1n) is 4.43. The fraction of sp³-hybridized carbons (Fsp3) is 0.400. The molecular weight excluding hydrogens is 169 g/mol. The fourth-order valence-corrected chi connectivity index (χ4v) is 1.81. The molecule has 1 aliphatic rings. The average molecular weight is 181 g/mol. The van der Waals surface area contributed by atoms with E-state index in [9.17, 15) is 9.50 Å². The lowest BCUT2D eigenvalue weighted by molar-refractivity contribution is 0.365. The third kappa shape index (κ3) is 1.40. The Bertz CT molecular complexity index is 314. The molecule has 0 bridgehead atoms. The minimum atomic E-state index is -0.420. The maximum absolute atomic E-state index is 12.5. The molecule has 0 saturated carbocycles. The summed E-state index contributed by atoms with van der Waals surface area (Å²) in [4.78, 5) is 0. The van der Waals surface area contributed by atoms with Crippen molar-refractivity contribution in [1.82, 2.24) is 5.32 Å². The number of rotatable bonds is 1. The summed E-state index contributed by atoms with van der Waals surface area (Å²) in [5.74, 6) is 0.289. The summed E-state index contributed by atoms with van der Waals surface area (Å²) >= 11 is 0. The van der Waals surface area contributed by atoms with Crippen molar-refractivity contribution in [3.05, 3.63) is 29.3 Å². The quantitative estimate of drug-likeness (QED) is 0.689. The minimum absolute atomic E-state index is 0.240. The summed E-state index contributed by atoms with van der Waals surface area (Å²) in [6.07, 6.45) is 0.776. The third-order valence-electron chi connectivity index (χ3n) is 2.48. The molecule has 0 aromatic heterocycles. The van der Waals surface area contributed by atoms with Crippen LogP contribution in [0, 0.1) is 0 Å². The van der Waals surface area contributed by atoms with Crippen molar-refractivity contribution < 1.29 is 9.50 Å². The predicted octanol–water partition coefficient (Wildman–Crippen LogP) is 1.55. The van der Waals surface area contributed by atoms with E-state index in [0.717, 1.165) is 24.1 Å². The first kappa shape index (κ1) is 8.51. The Kier molecular flexibility index (Phi) is 2.19. The van der Waals surface area contributed by atoms with Crippen molar-refractivity contribution in [1.29, 1.82) is 0 Å². The number of hydrogen-bond acceptors (Lipinski definition) is 2. The summed E-state index contributed by atoms with van der Waals surface area (Å²) in [5.41, 5.74) is 1.79. The molecule has 3 heteroatoms. The maximum Gasteiger partial charge on any atom is 0.119 e. The SMILES string of the molecule is Oc1cccc2c1CCNC2CF. The van der Waals surface area contributed by atoms with Gasteiger partial charge in [-0.25, -0.2) is 4.39 Å². The van der Waals surface area contributed by atoms with E-state index in [4.69, 9.17) is 0 Å². The van der Waals surface area contributed by atoms with Gasteiger partial charge in [0, 0.05) is 0 Å². The van der Waals surface area contributed by atoms with Crippen molar-refractivity contribution in [2.75, 3.05) is 13.2 Å². The van der Waals surface area contributed by atoms with Gasteiger partial charge in [0.1, 0.15) is 12.4 Å². The number of phenols is 1. The van der Waals surface area contributed by atoms with E-state index >= 15 is 0 Å². The first-order chi connectivity index (χ1) is 6.33. The van der Waals surface area contributed by atoms with E-state index < -0.39 is 6.67 Å². The highest BCUT2D eigenvalue weighted by atomic mass is 19.1. The van der Waals surface area contributed by atoms with Gasteiger partial charge in [-0.05, 0) is 30.2 Å². The third-order valence-corrected chi connectivity index (χ3v) is 2.48. The summed E-state index contributed by atoms with van der Waals surface area (Å²) in [5, 5.41) is 12.6. The van der Waals surface area contributed by atoms with Gasteiger partial charge in [0.05, 0.1) is 6.04 Å². The number of aromatic hydroxyl groups is 1. The van der Waals surface area contributed by atoms with E-state index in [1.165, 1.54) is 0 Å². The van der Waals surface area contributed by atoms with Crippen LogP contribution in [0.4, 0.5) is 4.39 Å². The van der Waals surface area contributed by atoms with Gasteiger partial charge in [0.15, 0.2) is 0 Å². The molecule has 0 radical (unpaired) electrons. The topological polar surface area (TPSA) is 32.3 Å². The molecule has 0 amide bonds. The fourth-order valence-electron chi connectivity index (χ4n) is 1.81. The van der Waals surface area contributed by atoms with Gasteiger partial charge >= 0.3 is 0 Å². The number of phenolic OH excluding ortho intramolecular Hbond substituents is 1. The number of benzene rings is 1. The van der Waals surface area contributed by atoms with E-state index in [-0.39, 0.29) is 11.8 Å². The second kappa shape index (κ2) is 3.34. The van der Waals surface area contributed by atoms with Crippen molar-refractivity contribution >= 4 is 0 Å². The maximum atomic E-state index is 12.5. The van der Waals surface area contributed by atoms with E-state index in [0.29, 0.717) is 0 Å². The van der Waals surface area contributed by atoms with E-state index in [1.807, 2.05) is 6.07 Å². The summed E-state index contributed by atoms with van der Waals surface area (Å²) in [6, 6.07) is 5.03. The Balaban J connectivity index is 2.45. The predicted molar refractivity (Wildman–Crippen MR) is 48.5 cm³/mol. The van der Waals surface area contributed by atoms with Gasteiger partial charge in [-0.3, -0.25) is 0 Å². The zero-order valence-electron chi connectivity index (χ0n) is 7.26. The molecule has 1 unspecified atom stereocenters. The highest BCUT2D eigenvalue weighted by Gasteiger charge is 2.20. The first-order valence-corrected chi connectivity index (χ1v) is 4.43. The molecule has 0 fully saturated rings. The second-order valence-corrected chi connectivity index (χ2v) is 3.26. The molecule has 1 aliphatic heterocycles. The summed E-state index contributed by atoms with van der Waals surface area (Å²) < 4.78 is 12.5.